The largest absolute Gasteiger partial charge is 0.497 e. The summed E-state index contributed by atoms with van der Waals surface area (Å²) in [5.41, 5.74) is 1.25. The van der Waals surface area contributed by atoms with Crippen molar-refractivity contribution in [3.63, 3.8) is 0 Å². The Morgan fingerprint density at radius 3 is 1.75 bits per heavy atom. The highest BCUT2D eigenvalue weighted by atomic mass is 31.2. The van der Waals surface area contributed by atoms with Crippen molar-refractivity contribution in [2.24, 2.45) is 0 Å². The summed E-state index contributed by atoms with van der Waals surface area (Å²) in [5.74, 6) is 0.893. The number of methoxy groups -OCH3 is 1. The van der Waals surface area contributed by atoms with Crippen LogP contribution in [0.5, 0.6) is 5.75 Å². The van der Waals surface area contributed by atoms with Gasteiger partial charge in [-0.25, -0.2) is 0 Å². The minimum absolute atomic E-state index is 0.816. The van der Waals surface area contributed by atoms with Gasteiger partial charge in [0.25, 0.3) is 0 Å². The summed E-state index contributed by atoms with van der Waals surface area (Å²) < 4.78 is 17.4. The molecular formula is C20H35O3P. The van der Waals surface area contributed by atoms with Gasteiger partial charge in [0.05, 0.1) is 20.3 Å². The number of hydrogen-bond donors (Lipinski definition) is 0. The van der Waals surface area contributed by atoms with Gasteiger partial charge in [0.1, 0.15) is 5.75 Å². The lowest BCUT2D eigenvalue weighted by Crippen LogP contribution is -1.99. The van der Waals surface area contributed by atoms with Crippen molar-refractivity contribution < 1.29 is 13.8 Å². The molecule has 0 aliphatic heterocycles. The van der Waals surface area contributed by atoms with Crippen LogP contribution in [0, 0.1) is 0 Å². The Kier molecular flexibility index (Phi) is 13.1. The van der Waals surface area contributed by atoms with Crippen molar-refractivity contribution in [3.8, 4) is 5.75 Å². The fourth-order valence-corrected chi connectivity index (χ4v) is 3.83. The van der Waals surface area contributed by atoms with Crippen LogP contribution < -0.4 is 4.74 Å². The fraction of sp³-hybridized carbons (Fsp3) is 0.700. The lowest BCUT2D eigenvalue weighted by molar-refractivity contribution is 0.239. The Hall–Kier alpha value is -0.630. The maximum Gasteiger partial charge on any atom is 0.175 e. The lowest BCUT2D eigenvalue weighted by atomic mass is 10.2. The van der Waals surface area contributed by atoms with Gasteiger partial charge in [-0.15, -0.1) is 0 Å². The zero-order valence-electron chi connectivity index (χ0n) is 15.8. The molecule has 4 heteroatoms. The summed E-state index contributed by atoms with van der Waals surface area (Å²) in [5, 5.41) is 0. The third kappa shape index (κ3) is 10.3. The number of hydrogen-bond acceptors (Lipinski definition) is 3. The molecule has 0 aromatic heterocycles. The molecule has 1 aromatic rings. The molecule has 0 aliphatic carbocycles. The first-order valence-corrected chi connectivity index (χ1v) is 10.8. The molecule has 0 aliphatic rings. The number of ether oxygens (including phenoxy) is 1. The number of rotatable bonds is 15. The molecule has 0 radical (unpaired) electrons. The van der Waals surface area contributed by atoms with E-state index in [1.165, 1.54) is 44.1 Å². The van der Waals surface area contributed by atoms with E-state index in [2.05, 4.69) is 26.0 Å². The second-order valence-corrected chi connectivity index (χ2v) is 7.62. The Morgan fingerprint density at radius 1 is 0.750 bits per heavy atom. The van der Waals surface area contributed by atoms with E-state index in [1.807, 2.05) is 12.1 Å². The monoisotopic (exact) mass is 354 g/mol. The zero-order chi connectivity index (χ0) is 17.5. The highest BCUT2D eigenvalue weighted by molar-refractivity contribution is 7.46. The van der Waals surface area contributed by atoms with E-state index in [0.717, 1.165) is 38.0 Å². The Labute approximate surface area is 150 Å². The van der Waals surface area contributed by atoms with Crippen molar-refractivity contribution in [3.05, 3.63) is 29.8 Å². The summed E-state index contributed by atoms with van der Waals surface area (Å²) in [4.78, 5) is 0. The van der Waals surface area contributed by atoms with Gasteiger partial charge in [-0.3, -0.25) is 0 Å². The first kappa shape index (κ1) is 21.4. The van der Waals surface area contributed by atoms with Gasteiger partial charge in [0.2, 0.25) is 0 Å². The summed E-state index contributed by atoms with van der Waals surface area (Å²) in [7, 11) is 0.862. The van der Waals surface area contributed by atoms with Crippen LogP contribution in [0.4, 0.5) is 0 Å². The van der Waals surface area contributed by atoms with Crippen molar-refractivity contribution in [2.45, 2.75) is 71.4 Å². The van der Waals surface area contributed by atoms with Crippen LogP contribution in [0.3, 0.4) is 0 Å². The van der Waals surface area contributed by atoms with Crippen molar-refractivity contribution in [1.29, 1.82) is 0 Å². The standard InChI is InChI=1S/C20H35O3P/c1-4-6-8-10-16-22-24(23-17-11-9-7-5-2)18-19-12-14-20(21-3)15-13-19/h12-15H,4-11,16-18H2,1-3H3. The van der Waals surface area contributed by atoms with Crippen LogP contribution in [-0.2, 0) is 15.2 Å². The van der Waals surface area contributed by atoms with Gasteiger partial charge >= 0.3 is 0 Å². The van der Waals surface area contributed by atoms with E-state index in [0.29, 0.717) is 0 Å². The van der Waals surface area contributed by atoms with Crippen molar-refractivity contribution >= 4 is 8.38 Å². The minimum Gasteiger partial charge on any atom is -0.497 e. The first-order chi connectivity index (χ1) is 11.8. The Morgan fingerprint density at radius 2 is 1.29 bits per heavy atom. The van der Waals surface area contributed by atoms with Gasteiger partial charge in [-0.05, 0) is 30.5 Å². The fourth-order valence-electron chi connectivity index (χ4n) is 2.40. The van der Waals surface area contributed by atoms with Crippen LogP contribution in [0.1, 0.15) is 70.8 Å². The molecule has 1 rings (SSSR count). The topological polar surface area (TPSA) is 27.7 Å². The highest BCUT2D eigenvalue weighted by Gasteiger charge is 2.12. The van der Waals surface area contributed by atoms with E-state index >= 15 is 0 Å². The van der Waals surface area contributed by atoms with Crippen LogP contribution in [0.25, 0.3) is 0 Å². The van der Waals surface area contributed by atoms with E-state index in [9.17, 15) is 0 Å². The molecule has 0 saturated carbocycles. The SMILES string of the molecule is CCCCCCOP(Cc1ccc(OC)cc1)OCCCCCC. The summed E-state index contributed by atoms with van der Waals surface area (Å²) in [6.07, 6.45) is 10.7. The van der Waals surface area contributed by atoms with Crippen LogP contribution in [0.15, 0.2) is 24.3 Å². The maximum atomic E-state index is 6.07. The highest BCUT2D eigenvalue weighted by Crippen LogP contribution is 2.42. The smallest absolute Gasteiger partial charge is 0.175 e. The molecule has 0 spiro atoms. The molecule has 0 fully saturated rings. The molecular weight excluding hydrogens is 319 g/mol. The van der Waals surface area contributed by atoms with Crippen LogP contribution in [-0.4, -0.2) is 20.3 Å². The second-order valence-electron chi connectivity index (χ2n) is 6.13. The Balaban J connectivity index is 2.39. The number of unbranched alkanes of at least 4 members (excludes halogenated alkanes) is 6. The second kappa shape index (κ2) is 14.7. The normalized spacial score (nSPS) is 11.2. The zero-order valence-corrected chi connectivity index (χ0v) is 16.7. The van der Waals surface area contributed by atoms with Gasteiger partial charge in [0.15, 0.2) is 8.38 Å². The van der Waals surface area contributed by atoms with Crippen LogP contribution in [0.2, 0.25) is 0 Å². The molecule has 138 valence electrons. The first-order valence-electron chi connectivity index (χ1n) is 9.46. The molecule has 1 aromatic carbocycles. The van der Waals surface area contributed by atoms with E-state index in [4.69, 9.17) is 13.8 Å². The summed E-state index contributed by atoms with van der Waals surface area (Å²) in [6, 6.07) is 8.22. The molecule has 0 bridgehead atoms. The molecule has 0 saturated heterocycles. The average Bonchev–Trinajstić information content (AvgIpc) is 2.61. The molecule has 3 nitrogen and oxygen atoms in total. The predicted molar refractivity (Wildman–Crippen MR) is 104 cm³/mol. The molecule has 24 heavy (non-hydrogen) atoms. The minimum atomic E-state index is -0.833. The summed E-state index contributed by atoms with van der Waals surface area (Å²) >= 11 is 0. The summed E-state index contributed by atoms with van der Waals surface area (Å²) in [6.45, 7) is 6.10. The van der Waals surface area contributed by atoms with Gasteiger partial charge in [-0.1, -0.05) is 64.5 Å². The van der Waals surface area contributed by atoms with Gasteiger partial charge in [0, 0.05) is 6.16 Å². The van der Waals surface area contributed by atoms with Crippen molar-refractivity contribution in [2.75, 3.05) is 20.3 Å². The number of benzene rings is 1. The Bertz CT molecular complexity index is 380. The maximum absolute atomic E-state index is 6.07. The van der Waals surface area contributed by atoms with E-state index < -0.39 is 8.38 Å². The third-order valence-corrected chi connectivity index (χ3v) is 5.50. The van der Waals surface area contributed by atoms with E-state index in [1.54, 1.807) is 7.11 Å². The van der Waals surface area contributed by atoms with Gasteiger partial charge in [-0.2, -0.15) is 0 Å². The molecule has 0 atom stereocenters. The molecule has 0 heterocycles. The molecule has 0 unspecified atom stereocenters. The van der Waals surface area contributed by atoms with Gasteiger partial charge < -0.3 is 13.8 Å². The quantitative estimate of drug-likeness (QED) is 0.259. The van der Waals surface area contributed by atoms with Crippen LogP contribution >= 0.6 is 8.38 Å². The third-order valence-electron chi connectivity index (χ3n) is 3.94. The molecule has 0 N–H and O–H groups in total. The van der Waals surface area contributed by atoms with Crippen molar-refractivity contribution in [1.82, 2.24) is 0 Å². The average molecular weight is 354 g/mol. The molecule has 0 amide bonds. The predicted octanol–water partition coefficient (Wildman–Crippen LogP) is 6.70. The lowest BCUT2D eigenvalue weighted by Gasteiger charge is -2.18. The van der Waals surface area contributed by atoms with E-state index in [-0.39, 0.29) is 0 Å².